The second kappa shape index (κ2) is 6.45. The molecule has 0 fully saturated rings. The molecule has 0 aliphatic heterocycles. The molecule has 0 amide bonds. The molecule has 0 unspecified atom stereocenters. The number of anilines is 1. The lowest BCUT2D eigenvalue weighted by molar-refractivity contribution is 0.0874. The molecule has 21 heavy (non-hydrogen) atoms. The van der Waals surface area contributed by atoms with Gasteiger partial charge < -0.3 is 19.7 Å². The largest absolute Gasteiger partial charge is 0.389 e. The Balaban J connectivity index is 2.44. The van der Waals surface area contributed by atoms with E-state index < -0.39 is 5.60 Å². The Morgan fingerprint density at radius 2 is 2.10 bits per heavy atom. The Labute approximate surface area is 126 Å². The molecule has 0 spiro atoms. The van der Waals surface area contributed by atoms with Crippen LogP contribution in [0.3, 0.4) is 0 Å². The normalized spacial score (nSPS) is 12.0. The SMILES string of the molecule is CCNCc1c(N(CC)CC(C)(C)O)nc2ccccn12. The standard InChI is InChI=1S/C16H26N4O/c1-5-17-11-13-15(19(6-2)12-16(3,4)21)18-14-9-7-8-10-20(13)14/h7-10,17,21H,5-6,11-12H2,1-4H3. The van der Waals surface area contributed by atoms with E-state index in [-0.39, 0.29) is 0 Å². The van der Waals surface area contributed by atoms with Crippen molar-refractivity contribution in [3.63, 3.8) is 0 Å². The number of imidazole rings is 1. The van der Waals surface area contributed by atoms with Gasteiger partial charge in [0.05, 0.1) is 11.3 Å². The summed E-state index contributed by atoms with van der Waals surface area (Å²) in [5.41, 5.74) is 1.33. The van der Waals surface area contributed by atoms with Gasteiger partial charge in [0, 0.05) is 25.8 Å². The lowest BCUT2D eigenvalue weighted by Gasteiger charge is -2.29. The number of nitrogens with zero attached hydrogens (tertiary/aromatic N) is 3. The van der Waals surface area contributed by atoms with Crippen LogP contribution in [0, 0.1) is 0 Å². The average Bonchev–Trinajstić information content (AvgIpc) is 2.80. The van der Waals surface area contributed by atoms with Gasteiger partial charge in [0.2, 0.25) is 0 Å². The maximum atomic E-state index is 10.1. The second-order valence-electron chi connectivity index (χ2n) is 5.92. The fraction of sp³-hybridized carbons (Fsp3) is 0.562. The van der Waals surface area contributed by atoms with Gasteiger partial charge in [-0.2, -0.15) is 0 Å². The van der Waals surface area contributed by atoms with E-state index in [1.54, 1.807) is 0 Å². The average molecular weight is 290 g/mol. The Morgan fingerprint density at radius 3 is 2.71 bits per heavy atom. The summed E-state index contributed by atoms with van der Waals surface area (Å²) in [6, 6.07) is 6.02. The minimum Gasteiger partial charge on any atom is -0.389 e. The van der Waals surface area contributed by atoms with Crippen molar-refractivity contribution in [2.45, 2.75) is 39.8 Å². The van der Waals surface area contributed by atoms with E-state index in [0.29, 0.717) is 6.54 Å². The smallest absolute Gasteiger partial charge is 0.152 e. The highest BCUT2D eigenvalue weighted by molar-refractivity contribution is 5.56. The number of likely N-dealkylation sites (N-methyl/N-ethyl adjacent to an activating group) is 1. The summed E-state index contributed by atoms with van der Waals surface area (Å²) < 4.78 is 2.12. The lowest BCUT2D eigenvalue weighted by Crippen LogP contribution is -2.39. The van der Waals surface area contributed by atoms with Crippen LogP contribution in [0.4, 0.5) is 5.82 Å². The van der Waals surface area contributed by atoms with E-state index >= 15 is 0 Å². The highest BCUT2D eigenvalue weighted by atomic mass is 16.3. The van der Waals surface area contributed by atoms with E-state index in [9.17, 15) is 5.11 Å². The first-order valence-corrected chi connectivity index (χ1v) is 7.60. The van der Waals surface area contributed by atoms with Crippen LogP contribution in [0.5, 0.6) is 0 Å². The van der Waals surface area contributed by atoms with Crippen molar-refractivity contribution in [3.8, 4) is 0 Å². The molecule has 0 aliphatic rings. The van der Waals surface area contributed by atoms with E-state index in [0.717, 1.165) is 36.8 Å². The zero-order valence-corrected chi connectivity index (χ0v) is 13.4. The van der Waals surface area contributed by atoms with Gasteiger partial charge in [-0.15, -0.1) is 0 Å². The molecule has 2 heterocycles. The number of nitrogens with one attached hydrogen (secondary N) is 1. The molecular weight excluding hydrogens is 264 g/mol. The Hall–Kier alpha value is -1.59. The number of hydrogen-bond donors (Lipinski definition) is 2. The van der Waals surface area contributed by atoms with Gasteiger partial charge in [0.1, 0.15) is 5.65 Å². The van der Waals surface area contributed by atoms with Crippen molar-refractivity contribution in [3.05, 3.63) is 30.1 Å². The molecule has 0 atom stereocenters. The van der Waals surface area contributed by atoms with E-state index in [2.05, 4.69) is 28.5 Å². The molecule has 0 aromatic carbocycles. The molecule has 2 rings (SSSR count). The Kier molecular flexibility index (Phi) is 4.85. The summed E-state index contributed by atoms with van der Waals surface area (Å²) in [5.74, 6) is 0.951. The first-order valence-electron chi connectivity index (χ1n) is 7.60. The number of fused-ring (bicyclic) bond motifs is 1. The number of aromatic nitrogens is 2. The third kappa shape index (κ3) is 3.74. The van der Waals surface area contributed by atoms with Crippen LogP contribution in [-0.4, -0.2) is 39.7 Å². The van der Waals surface area contributed by atoms with Crippen LogP contribution in [-0.2, 0) is 6.54 Å². The number of pyridine rings is 1. The number of aliphatic hydroxyl groups is 1. The quantitative estimate of drug-likeness (QED) is 0.819. The summed E-state index contributed by atoms with van der Waals surface area (Å²) in [5, 5.41) is 13.5. The molecule has 0 saturated heterocycles. The summed E-state index contributed by atoms with van der Waals surface area (Å²) in [6.45, 7) is 10.9. The number of hydrogen-bond acceptors (Lipinski definition) is 4. The van der Waals surface area contributed by atoms with Crippen molar-refractivity contribution >= 4 is 11.5 Å². The highest BCUT2D eigenvalue weighted by Crippen LogP contribution is 2.23. The van der Waals surface area contributed by atoms with Gasteiger partial charge in [-0.3, -0.25) is 0 Å². The zero-order valence-electron chi connectivity index (χ0n) is 13.4. The molecule has 116 valence electrons. The van der Waals surface area contributed by atoms with Crippen molar-refractivity contribution < 1.29 is 5.11 Å². The van der Waals surface area contributed by atoms with E-state index in [4.69, 9.17) is 4.98 Å². The van der Waals surface area contributed by atoms with E-state index in [1.807, 2.05) is 38.2 Å². The summed E-state index contributed by atoms with van der Waals surface area (Å²) >= 11 is 0. The summed E-state index contributed by atoms with van der Waals surface area (Å²) in [4.78, 5) is 6.90. The Bertz CT molecular complexity index is 585. The number of rotatable bonds is 7. The van der Waals surface area contributed by atoms with Gasteiger partial charge in [-0.1, -0.05) is 13.0 Å². The molecule has 0 bridgehead atoms. The van der Waals surface area contributed by atoms with Crippen molar-refractivity contribution in [2.24, 2.45) is 0 Å². The van der Waals surface area contributed by atoms with Crippen molar-refractivity contribution in [1.29, 1.82) is 0 Å². The third-order valence-corrected chi connectivity index (χ3v) is 3.41. The minimum atomic E-state index is -0.749. The Morgan fingerprint density at radius 1 is 1.33 bits per heavy atom. The summed E-state index contributed by atoms with van der Waals surface area (Å²) in [7, 11) is 0. The fourth-order valence-electron chi connectivity index (χ4n) is 2.50. The van der Waals surface area contributed by atoms with Crippen LogP contribution in [0.25, 0.3) is 5.65 Å². The maximum Gasteiger partial charge on any atom is 0.152 e. The molecule has 2 aromatic rings. The van der Waals surface area contributed by atoms with Crippen molar-refractivity contribution in [1.82, 2.24) is 14.7 Å². The van der Waals surface area contributed by atoms with Crippen LogP contribution in [0.2, 0.25) is 0 Å². The topological polar surface area (TPSA) is 52.8 Å². The van der Waals surface area contributed by atoms with Crippen LogP contribution >= 0.6 is 0 Å². The lowest BCUT2D eigenvalue weighted by atomic mass is 10.1. The van der Waals surface area contributed by atoms with Gasteiger partial charge in [-0.05, 0) is 39.4 Å². The van der Waals surface area contributed by atoms with Crippen molar-refractivity contribution in [2.75, 3.05) is 24.5 Å². The van der Waals surface area contributed by atoms with E-state index in [1.165, 1.54) is 0 Å². The first kappa shape index (κ1) is 15.8. The molecule has 5 nitrogen and oxygen atoms in total. The third-order valence-electron chi connectivity index (χ3n) is 3.41. The molecule has 0 radical (unpaired) electrons. The zero-order chi connectivity index (χ0) is 15.5. The highest BCUT2D eigenvalue weighted by Gasteiger charge is 2.22. The maximum absolute atomic E-state index is 10.1. The molecule has 2 N–H and O–H groups in total. The predicted molar refractivity (Wildman–Crippen MR) is 86.8 cm³/mol. The monoisotopic (exact) mass is 290 g/mol. The molecule has 0 aliphatic carbocycles. The van der Waals surface area contributed by atoms with Gasteiger partial charge >= 0.3 is 0 Å². The molecule has 0 saturated carbocycles. The van der Waals surface area contributed by atoms with Gasteiger partial charge in [0.15, 0.2) is 5.82 Å². The van der Waals surface area contributed by atoms with Crippen LogP contribution < -0.4 is 10.2 Å². The van der Waals surface area contributed by atoms with Crippen LogP contribution in [0.1, 0.15) is 33.4 Å². The predicted octanol–water partition coefficient (Wildman–Crippen LogP) is 2.04. The molecule has 5 heteroatoms. The second-order valence-corrected chi connectivity index (χ2v) is 5.92. The minimum absolute atomic E-state index is 0.562. The molecular formula is C16H26N4O. The fourth-order valence-corrected chi connectivity index (χ4v) is 2.50. The molecule has 2 aromatic heterocycles. The summed E-state index contributed by atoms with van der Waals surface area (Å²) in [6.07, 6.45) is 2.04. The first-order chi connectivity index (χ1) is 9.96. The van der Waals surface area contributed by atoms with Crippen LogP contribution in [0.15, 0.2) is 24.4 Å². The van der Waals surface area contributed by atoms with Gasteiger partial charge in [0.25, 0.3) is 0 Å². The van der Waals surface area contributed by atoms with Gasteiger partial charge in [-0.25, -0.2) is 4.98 Å².